The summed E-state index contributed by atoms with van der Waals surface area (Å²) in [5, 5.41) is 26.8. The minimum absolute atomic E-state index is 0.0291. The number of benzene rings is 3. The molecular weight excluding hydrogens is 841 g/mol. The summed E-state index contributed by atoms with van der Waals surface area (Å²) in [4.78, 5) is 33.1. The summed E-state index contributed by atoms with van der Waals surface area (Å²) in [7, 11) is 3.88. The van der Waals surface area contributed by atoms with E-state index in [1.807, 2.05) is 56.8 Å². The van der Waals surface area contributed by atoms with Gasteiger partial charge in [-0.05, 0) is 119 Å². The fourth-order valence-corrected chi connectivity index (χ4v) is 14.0. The smallest absolute Gasteiger partial charge is 0.302 e. The third-order valence-corrected chi connectivity index (χ3v) is 17.2. The van der Waals surface area contributed by atoms with Crippen molar-refractivity contribution in [2.24, 2.45) is 22.1 Å². The van der Waals surface area contributed by atoms with Gasteiger partial charge in [-0.1, -0.05) is 114 Å². The van der Waals surface area contributed by atoms with E-state index in [0.29, 0.717) is 74.8 Å². The Morgan fingerprint density at radius 3 is 2.34 bits per heavy atom. The average molecular weight is 913 g/mol. The van der Waals surface area contributed by atoms with Crippen LogP contribution in [0.4, 0.5) is 0 Å². The second-order valence-corrected chi connectivity index (χ2v) is 22.0. The average Bonchev–Trinajstić information content (AvgIpc) is 4.03. The molecule has 4 aliphatic rings. The van der Waals surface area contributed by atoms with Gasteiger partial charge in [-0.15, -0.1) is 0 Å². The Kier molecular flexibility index (Phi) is 17.7. The molecule has 0 aromatic heterocycles. The summed E-state index contributed by atoms with van der Waals surface area (Å²) in [6, 6.07) is 25.0. The van der Waals surface area contributed by atoms with Gasteiger partial charge in [0.15, 0.2) is 17.5 Å². The lowest BCUT2D eigenvalue weighted by Gasteiger charge is -2.31. The van der Waals surface area contributed by atoms with Crippen molar-refractivity contribution in [3.8, 4) is 11.5 Å². The second kappa shape index (κ2) is 23.5. The second-order valence-electron chi connectivity index (χ2n) is 19.3. The van der Waals surface area contributed by atoms with Crippen molar-refractivity contribution in [2.45, 2.75) is 165 Å². The summed E-state index contributed by atoms with van der Waals surface area (Å²) >= 11 is 0. The molecule has 12 heteroatoms. The summed E-state index contributed by atoms with van der Waals surface area (Å²) in [5.41, 5.74) is 10.5. The number of carbonyl (C=O) groups excluding carboxylic acids is 2. The van der Waals surface area contributed by atoms with E-state index in [0.717, 1.165) is 101 Å². The van der Waals surface area contributed by atoms with Crippen LogP contribution < -0.4 is 15.8 Å². The van der Waals surface area contributed by atoms with Crippen LogP contribution in [0.15, 0.2) is 77.8 Å². The molecule has 3 aromatic rings. The molecule has 10 nitrogen and oxygen atoms in total. The van der Waals surface area contributed by atoms with Crippen LogP contribution in [-0.2, 0) is 40.1 Å². The van der Waals surface area contributed by atoms with Crippen LogP contribution in [0.5, 0.6) is 11.5 Å². The lowest BCUT2D eigenvalue weighted by atomic mass is 9.78. The van der Waals surface area contributed by atoms with Crippen LogP contribution >= 0.6 is 21.6 Å². The molecule has 4 atom stereocenters. The lowest BCUT2D eigenvalue weighted by Crippen LogP contribution is -2.47. The van der Waals surface area contributed by atoms with Gasteiger partial charge in [0.05, 0.1) is 17.1 Å². The highest BCUT2D eigenvalue weighted by molar-refractivity contribution is 8.77. The van der Waals surface area contributed by atoms with Gasteiger partial charge < -0.3 is 35.6 Å². The Morgan fingerprint density at radius 1 is 0.906 bits per heavy atom. The molecule has 0 radical (unpaired) electrons. The van der Waals surface area contributed by atoms with Gasteiger partial charge in [0, 0.05) is 56.1 Å². The number of rotatable bonds is 8. The van der Waals surface area contributed by atoms with Gasteiger partial charge in [0.1, 0.15) is 6.10 Å². The van der Waals surface area contributed by atoms with Crippen molar-refractivity contribution in [2.75, 3.05) is 18.8 Å². The number of nitrogens with two attached hydrogens (primary N) is 1. The molecule has 2 aliphatic carbocycles. The molecule has 5 N–H and O–H groups in total. The van der Waals surface area contributed by atoms with Crippen molar-refractivity contribution in [1.29, 1.82) is 0 Å². The van der Waals surface area contributed by atoms with E-state index < -0.39 is 12.2 Å². The van der Waals surface area contributed by atoms with Gasteiger partial charge in [-0.25, -0.2) is 0 Å². The molecule has 4 bridgehead atoms. The van der Waals surface area contributed by atoms with Gasteiger partial charge in [-0.2, -0.15) is 0 Å². The van der Waals surface area contributed by atoms with E-state index in [4.69, 9.17) is 20.2 Å². The van der Waals surface area contributed by atoms with Gasteiger partial charge >= 0.3 is 5.97 Å². The molecule has 3 fully saturated rings. The van der Waals surface area contributed by atoms with Gasteiger partial charge in [-0.3, -0.25) is 14.6 Å². The maximum absolute atomic E-state index is 14.1. The van der Waals surface area contributed by atoms with Crippen LogP contribution in [0.2, 0.25) is 0 Å². The number of esters is 1. The number of aliphatic hydroxyl groups is 1. The number of nitrogens with one attached hydrogen (secondary N) is 1. The van der Waals surface area contributed by atoms with Crippen molar-refractivity contribution < 1.29 is 29.3 Å². The number of carbonyl (C=O) groups is 2. The SMILES string of the molecule is CC(=O)O[C@@H]1CCc2cc(c(O)c(OC3CCCC3)c2)CN2C[C@@](Cc3ccccc3)(CCN=C(N)NC3(CCCC3)SSC[C@H](CCc3ccccc3)CCCC[C@H](O)C1)CC2=O. The van der Waals surface area contributed by atoms with E-state index in [1.54, 1.807) is 0 Å². The molecule has 2 aliphatic heterocycles. The zero-order valence-corrected chi connectivity index (χ0v) is 39.7. The first-order chi connectivity index (χ1) is 31.0. The van der Waals surface area contributed by atoms with Crippen molar-refractivity contribution in [1.82, 2.24) is 10.2 Å². The molecule has 7 rings (SSSR count). The molecule has 1 amide bonds. The Labute approximate surface area is 389 Å². The predicted molar refractivity (Wildman–Crippen MR) is 260 cm³/mol. The number of hydrogen-bond donors (Lipinski definition) is 4. The number of aliphatic imine (C=N–C) groups is 1. The fourth-order valence-electron chi connectivity index (χ4n) is 10.5. The Hall–Kier alpha value is -3.87. The monoisotopic (exact) mass is 912 g/mol. The van der Waals surface area contributed by atoms with Crippen molar-refractivity contribution >= 4 is 39.4 Å². The lowest BCUT2D eigenvalue weighted by molar-refractivity contribution is -0.148. The summed E-state index contributed by atoms with van der Waals surface area (Å²) in [6.07, 6.45) is 16.4. The standard InChI is InChI=1S/C52H72N4O6S2/c1-38(57)61-46-25-24-42-30-43(49(60)47(31-42)62-45-20-10-11-21-45)35-56-37-51(34-48(56)59,33-40-16-6-3-7-17-40)28-29-54-50(53)55-52(26-12-13-27-52)64-63-36-41(18-8-9-19-44(58)32-46)23-22-39-14-4-2-5-15-39/h2-7,14-17,30-31,41,44-46,58,60H,8-13,18-29,32-37H2,1H3,(H3,53,54,55)/t41-,44-,46+,51+/m0/s1. The molecule has 348 valence electrons. The zero-order valence-electron chi connectivity index (χ0n) is 38.0. The summed E-state index contributed by atoms with van der Waals surface area (Å²) in [6.45, 7) is 2.71. The fraction of sp³-hybridized carbons (Fsp3) is 0.596. The molecule has 2 heterocycles. The highest BCUT2D eigenvalue weighted by Gasteiger charge is 2.43. The van der Waals surface area contributed by atoms with E-state index >= 15 is 0 Å². The number of hydrogen-bond acceptors (Lipinski definition) is 11. The summed E-state index contributed by atoms with van der Waals surface area (Å²) < 4.78 is 12.3. The van der Waals surface area contributed by atoms with Crippen LogP contribution in [0.25, 0.3) is 0 Å². The molecule has 64 heavy (non-hydrogen) atoms. The Morgan fingerprint density at radius 2 is 1.61 bits per heavy atom. The van der Waals surface area contributed by atoms with Crippen molar-refractivity contribution in [3.05, 3.63) is 95.1 Å². The first-order valence-electron chi connectivity index (χ1n) is 24.2. The number of aryl methyl sites for hydroxylation is 2. The quantitative estimate of drug-likeness (QED) is 0.127. The van der Waals surface area contributed by atoms with E-state index in [-0.39, 0.29) is 40.6 Å². The van der Waals surface area contributed by atoms with E-state index in [1.165, 1.54) is 18.1 Å². The summed E-state index contributed by atoms with van der Waals surface area (Å²) in [5.74, 6) is 2.24. The predicted octanol–water partition coefficient (Wildman–Crippen LogP) is 10.1. The Bertz CT molecular complexity index is 1970. The zero-order chi connectivity index (χ0) is 44.8. The molecule has 3 aromatic carbocycles. The first-order valence-corrected chi connectivity index (χ1v) is 26.5. The van der Waals surface area contributed by atoms with Gasteiger partial charge in [0.2, 0.25) is 5.91 Å². The van der Waals surface area contributed by atoms with Crippen LogP contribution in [0, 0.1) is 11.3 Å². The van der Waals surface area contributed by atoms with Crippen LogP contribution in [0.3, 0.4) is 0 Å². The number of nitrogens with zero attached hydrogens (tertiary/aromatic N) is 2. The normalized spacial score (nSPS) is 25.7. The molecule has 2 saturated carbocycles. The third-order valence-electron chi connectivity index (χ3n) is 13.9. The maximum atomic E-state index is 14.1. The number of ether oxygens (including phenoxy) is 2. The minimum atomic E-state index is -0.593. The number of phenols is 1. The number of aromatic hydroxyl groups is 1. The van der Waals surface area contributed by atoms with E-state index in [9.17, 15) is 19.8 Å². The highest BCUT2D eigenvalue weighted by atomic mass is 33.1. The number of guanidine groups is 1. The highest BCUT2D eigenvalue weighted by Crippen LogP contribution is 2.47. The van der Waals surface area contributed by atoms with Crippen LogP contribution in [-0.4, -0.2) is 75.0 Å². The minimum Gasteiger partial charge on any atom is -0.504 e. The molecule has 1 spiro atoms. The Balaban J connectivity index is 1.15. The van der Waals surface area contributed by atoms with Crippen molar-refractivity contribution in [3.63, 3.8) is 0 Å². The third kappa shape index (κ3) is 14.3. The number of fused-ring (bicyclic) bond motifs is 4. The van der Waals surface area contributed by atoms with Gasteiger partial charge in [0.25, 0.3) is 0 Å². The maximum Gasteiger partial charge on any atom is 0.302 e. The van der Waals surface area contributed by atoms with E-state index in [2.05, 4.69) is 47.8 Å². The first kappa shape index (κ1) is 48.1. The molecule has 0 unspecified atom stereocenters. The largest absolute Gasteiger partial charge is 0.504 e. The molecular formula is C52H72N4O6S2. The number of phenolic OH excluding ortho intramolecular Hbond substituents is 1. The van der Waals surface area contributed by atoms with Crippen LogP contribution in [0.1, 0.15) is 138 Å². The topological polar surface area (TPSA) is 147 Å². The molecule has 1 saturated heterocycles. The number of aliphatic hydroxyl groups excluding tert-OH is 1. The number of amides is 1.